The van der Waals surface area contributed by atoms with Crippen LogP contribution in [0.4, 0.5) is 0 Å². The van der Waals surface area contributed by atoms with Gasteiger partial charge in [-0.25, -0.2) is 0 Å². The van der Waals surface area contributed by atoms with Crippen LogP contribution in [0.3, 0.4) is 0 Å². The van der Waals surface area contributed by atoms with Gasteiger partial charge in [0.25, 0.3) is 0 Å². The van der Waals surface area contributed by atoms with Crippen molar-refractivity contribution in [2.24, 2.45) is 11.8 Å². The maximum absolute atomic E-state index is 10.1. The summed E-state index contributed by atoms with van der Waals surface area (Å²) in [6.45, 7) is 0.185. The summed E-state index contributed by atoms with van der Waals surface area (Å²) in [5.41, 5.74) is 2.19. The normalized spacial score (nSPS) is 32.2. The Morgan fingerprint density at radius 1 is 0.731 bits per heavy atom. The highest BCUT2D eigenvalue weighted by atomic mass is 16.5. The second-order valence-corrected chi connectivity index (χ2v) is 7.48. The molecule has 0 aromatic heterocycles. The minimum Gasteiger partial charge on any atom is -0.497 e. The van der Waals surface area contributed by atoms with Crippen molar-refractivity contribution in [3.63, 3.8) is 0 Å². The summed E-state index contributed by atoms with van der Waals surface area (Å²) in [6.07, 6.45) is 2.04. The molecule has 0 amide bonds. The molecule has 26 heavy (non-hydrogen) atoms. The number of aliphatic hydroxyl groups is 2. The lowest BCUT2D eigenvalue weighted by molar-refractivity contribution is -0.199. The van der Waals surface area contributed by atoms with Gasteiger partial charge in [-0.05, 0) is 60.1 Å². The Kier molecular flexibility index (Phi) is 4.20. The van der Waals surface area contributed by atoms with E-state index in [1.165, 1.54) is 11.1 Å². The van der Waals surface area contributed by atoms with Crippen molar-refractivity contribution in [2.45, 2.75) is 23.7 Å². The number of fused-ring (bicyclic) bond motifs is 1. The van der Waals surface area contributed by atoms with Gasteiger partial charge in [0.05, 0.1) is 14.2 Å². The highest BCUT2D eigenvalue weighted by Crippen LogP contribution is 2.76. The van der Waals surface area contributed by atoms with Crippen molar-refractivity contribution in [2.75, 3.05) is 27.4 Å². The molecule has 2 saturated carbocycles. The van der Waals surface area contributed by atoms with Crippen molar-refractivity contribution >= 4 is 0 Å². The zero-order valence-corrected chi connectivity index (χ0v) is 15.3. The average Bonchev–Trinajstić information content (AvgIpc) is 2.69. The number of hydrogen-bond donors (Lipinski definition) is 2. The van der Waals surface area contributed by atoms with Crippen LogP contribution >= 0.6 is 0 Å². The Morgan fingerprint density at radius 3 is 1.31 bits per heavy atom. The summed E-state index contributed by atoms with van der Waals surface area (Å²) in [4.78, 5) is 0. The van der Waals surface area contributed by atoms with Crippen LogP contribution < -0.4 is 9.47 Å². The molecular weight excluding hydrogens is 328 g/mol. The first-order valence-corrected chi connectivity index (χ1v) is 9.18. The van der Waals surface area contributed by atoms with Crippen LogP contribution in [0.1, 0.15) is 24.0 Å². The van der Waals surface area contributed by atoms with Crippen molar-refractivity contribution in [3.8, 4) is 11.5 Å². The maximum atomic E-state index is 10.1. The standard InChI is InChI=1S/C22H26O4/c1-25-17-7-3-15(4-8-17)21-11-12-22(21,20(14-24)19(21)13-23)16-5-9-18(26-2)10-6-16/h3-10,19-20,23-24H,11-14H2,1-2H3/t19-,20-,21-,22+/m0/s1. The predicted molar refractivity (Wildman–Crippen MR) is 99.7 cm³/mol. The lowest BCUT2D eigenvalue weighted by Crippen LogP contribution is -2.78. The van der Waals surface area contributed by atoms with Gasteiger partial charge < -0.3 is 19.7 Å². The molecule has 0 saturated heterocycles. The summed E-state index contributed by atoms with van der Waals surface area (Å²) < 4.78 is 10.6. The fraction of sp³-hybridized carbons (Fsp3) is 0.455. The van der Waals surface area contributed by atoms with Crippen molar-refractivity contribution in [1.82, 2.24) is 0 Å². The van der Waals surface area contributed by atoms with Crippen molar-refractivity contribution in [1.29, 1.82) is 0 Å². The third kappa shape index (κ3) is 1.97. The second kappa shape index (κ2) is 6.29. The van der Waals surface area contributed by atoms with Crippen molar-refractivity contribution < 1.29 is 19.7 Å². The third-order valence-electron chi connectivity index (χ3n) is 7.07. The van der Waals surface area contributed by atoms with E-state index in [4.69, 9.17) is 9.47 Å². The van der Waals surface area contributed by atoms with Crippen LogP contribution in [-0.4, -0.2) is 37.6 Å². The summed E-state index contributed by atoms with van der Waals surface area (Å²) in [7, 11) is 3.33. The number of rotatable bonds is 6. The van der Waals surface area contributed by atoms with E-state index in [0.29, 0.717) is 0 Å². The van der Waals surface area contributed by atoms with E-state index in [2.05, 4.69) is 24.3 Å². The molecule has 2 aliphatic carbocycles. The average molecular weight is 354 g/mol. The minimum atomic E-state index is -0.129. The number of aliphatic hydroxyl groups excluding tert-OH is 2. The lowest BCUT2D eigenvalue weighted by Gasteiger charge is -2.77. The third-order valence-corrected chi connectivity index (χ3v) is 7.07. The van der Waals surface area contributed by atoms with Gasteiger partial charge in [0.15, 0.2) is 0 Å². The van der Waals surface area contributed by atoms with Crippen LogP contribution in [0, 0.1) is 11.8 Å². The van der Waals surface area contributed by atoms with E-state index in [0.717, 1.165) is 24.3 Å². The number of ether oxygens (including phenoxy) is 2. The quantitative estimate of drug-likeness (QED) is 0.837. The first-order chi connectivity index (χ1) is 12.7. The summed E-state index contributed by atoms with van der Waals surface area (Å²) in [6, 6.07) is 16.4. The van der Waals surface area contributed by atoms with Gasteiger partial charge in [0.1, 0.15) is 11.5 Å². The molecule has 4 rings (SSSR count). The first-order valence-electron chi connectivity index (χ1n) is 9.18. The Hall–Kier alpha value is -2.04. The Bertz CT molecular complexity index is 702. The van der Waals surface area contributed by atoms with Gasteiger partial charge in [0.2, 0.25) is 0 Å². The van der Waals surface area contributed by atoms with Crippen molar-refractivity contribution in [3.05, 3.63) is 59.7 Å². The van der Waals surface area contributed by atoms with E-state index < -0.39 is 0 Å². The largest absolute Gasteiger partial charge is 0.497 e. The van der Waals surface area contributed by atoms with Gasteiger partial charge in [-0.3, -0.25) is 0 Å². The molecule has 0 spiro atoms. The van der Waals surface area contributed by atoms with Crippen LogP contribution in [-0.2, 0) is 10.8 Å². The Labute approximate surface area is 154 Å². The summed E-state index contributed by atoms with van der Waals surface area (Å²) >= 11 is 0. The highest BCUT2D eigenvalue weighted by molar-refractivity contribution is 5.53. The number of hydrogen-bond acceptors (Lipinski definition) is 4. The molecule has 4 heteroatoms. The summed E-state index contributed by atoms with van der Waals surface area (Å²) in [5.74, 6) is 1.80. The maximum Gasteiger partial charge on any atom is 0.118 e. The van der Waals surface area contributed by atoms with Crippen LogP contribution in [0.15, 0.2) is 48.5 Å². The van der Waals surface area contributed by atoms with E-state index >= 15 is 0 Å². The van der Waals surface area contributed by atoms with Gasteiger partial charge in [-0.15, -0.1) is 0 Å². The second-order valence-electron chi connectivity index (χ2n) is 7.48. The Morgan fingerprint density at radius 2 is 1.08 bits per heavy atom. The molecule has 2 aromatic carbocycles. The van der Waals surface area contributed by atoms with Gasteiger partial charge >= 0.3 is 0 Å². The van der Waals surface area contributed by atoms with Crippen LogP contribution in [0.2, 0.25) is 0 Å². The fourth-order valence-electron chi connectivity index (χ4n) is 5.86. The molecule has 0 radical (unpaired) electrons. The van der Waals surface area contributed by atoms with Gasteiger partial charge in [-0.2, -0.15) is 0 Å². The van der Waals surface area contributed by atoms with E-state index in [9.17, 15) is 10.2 Å². The Balaban J connectivity index is 1.81. The smallest absolute Gasteiger partial charge is 0.118 e. The molecule has 2 aromatic rings. The molecule has 4 atom stereocenters. The minimum absolute atomic E-state index is 0.0664. The molecule has 0 heterocycles. The summed E-state index contributed by atoms with van der Waals surface area (Å²) in [5, 5.41) is 20.2. The lowest BCUT2D eigenvalue weighted by atomic mass is 9.26. The first kappa shape index (κ1) is 17.4. The molecule has 2 aliphatic rings. The zero-order chi connectivity index (χ0) is 18.4. The van der Waals surface area contributed by atoms with E-state index in [1.54, 1.807) is 14.2 Å². The molecule has 4 nitrogen and oxygen atoms in total. The molecular formula is C22H26O4. The molecule has 0 unspecified atom stereocenters. The highest BCUT2D eigenvalue weighted by Gasteiger charge is 2.76. The van der Waals surface area contributed by atoms with E-state index in [1.807, 2.05) is 24.3 Å². The molecule has 138 valence electrons. The van der Waals surface area contributed by atoms with Crippen LogP contribution in [0.5, 0.6) is 11.5 Å². The molecule has 0 aliphatic heterocycles. The SMILES string of the molecule is COc1ccc([C@]23CC[C@@]2(c2ccc(OC)cc2)[C@@H](CO)[C@@H]3CO)cc1. The number of methoxy groups -OCH3 is 2. The fourth-order valence-corrected chi connectivity index (χ4v) is 5.86. The molecule has 0 bridgehead atoms. The van der Waals surface area contributed by atoms with E-state index in [-0.39, 0.29) is 35.9 Å². The van der Waals surface area contributed by atoms with Gasteiger partial charge in [0, 0.05) is 24.0 Å². The van der Waals surface area contributed by atoms with Gasteiger partial charge in [-0.1, -0.05) is 24.3 Å². The monoisotopic (exact) mass is 354 g/mol. The zero-order valence-electron chi connectivity index (χ0n) is 15.3. The predicted octanol–water partition coefficient (Wildman–Crippen LogP) is 2.90. The molecule has 2 fully saturated rings. The van der Waals surface area contributed by atoms with Crippen LogP contribution in [0.25, 0.3) is 0 Å². The topological polar surface area (TPSA) is 58.9 Å². The number of benzene rings is 2. The molecule has 2 N–H and O–H groups in total.